The maximum absolute atomic E-state index is 13.5. The van der Waals surface area contributed by atoms with E-state index in [1.54, 1.807) is 11.8 Å². The number of aliphatic hydroxyl groups excluding tert-OH is 1. The molecule has 2 saturated heterocycles. The fourth-order valence-corrected chi connectivity index (χ4v) is 3.62. The quantitative estimate of drug-likeness (QED) is 0.806. The van der Waals surface area contributed by atoms with Gasteiger partial charge in [0.05, 0.1) is 22.8 Å². The Morgan fingerprint density at radius 3 is 2.67 bits per heavy atom. The van der Waals surface area contributed by atoms with Crippen LogP contribution in [0, 0.1) is 5.82 Å². The molecule has 0 aliphatic carbocycles. The SMILES string of the molecule is C[C@]1(O)CC2(CCN(C(=O)c3ccc(Cl)c(F)c3)CC2)OC[C@@H]1O. The monoisotopic (exact) mass is 357 g/mol. The predicted octanol–water partition coefficient (Wildman–Crippen LogP) is 1.99. The molecule has 0 unspecified atom stereocenters. The second-order valence-corrected chi connectivity index (χ2v) is 7.37. The van der Waals surface area contributed by atoms with Crippen LogP contribution in [0.4, 0.5) is 4.39 Å². The van der Waals surface area contributed by atoms with E-state index in [-0.39, 0.29) is 23.1 Å². The van der Waals surface area contributed by atoms with Crippen molar-refractivity contribution in [3.8, 4) is 0 Å². The van der Waals surface area contributed by atoms with Gasteiger partial charge in [-0.1, -0.05) is 11.6 Å². The average molecular weight is 358 g/mol. The number of halogens is 2. The van der Waals surface area contributed by atoms with Crippen molar-refractivity contribution in [1.29, 1.82) is 0 Å². The second-order valence-electron chi connectivity index (χ2n) is 6.96. The molecule has 1 amide bonds. The van der Waals surface area contributed by atoms with E-state index in [0.29, 0.717) is 32.4 Å². The number of ether oxygens (including phenoxy) is 1. The standard InChI is InChI=1S/C17H21ClFNO4/c1-16(23)10-17(24-9-14(16)21)4-6-20(7-5-17)15(22)11-2-3-12(18)13(19)8-11/h2-3,8,14,21,23H,4-7,9-10H2,1H3/t14-,16-/m0/s1. The molecule has 7 heteroatoms. The highest BCUT2D eigenvalue weighted by Gasteiger charge is 2.49. The smallest absolute Gasteiger partial charge is 0.253 e. The molecule has 2 heterocycles. The zero-order chi connectivity index (χ0) is 17.5. The molecule has 3 rings (SSSR count). The molecule has 24 heavy (non-hydrogen) atoms. The van der Waals surface area contributed by atoms with Gasteiger partial charge < -0.3 is 19.8 Å². The van der Waals surface area contributed by atoms with E-state index in [2.05, 4.69) is 0 Å². The Hall–Kier alpha value is -1.21. The fraction of sp³-hybridized carbons (Fsp3) is 0.588. The lowest BCUT2D eigenvalue weighted by Crippen LogP contribution is -2.59. The Kier molecular flexibility index (Phi) is 4.59. The Balaban J connectivity index is 1.66. The van der Waals surface area contributed by atoms with Gasteiger partial charge >= 0.3 is 0 Å². The Morgan fingerprint density at radius 1 is 1.42 bits per heavy atom. The topological polar surface area (TPSA) is 70.0 Å². The van der Waals surface area contributed by atoms with Crippen molar-refractivity contribution in [3.05, 3.63) is 34.6 Å². The van der Waals surface area contributed by atoms with Gasteiger partial charge in [-0.15, -0.1) is 0 Å². The molecule has 2 aliphatic heterocycles. The van der Waals surface area contributed by atoms with Crippen molar-refractivity contribution >= 4 is 17.5 Å². The number of likely N-dealkylation sites (tertiary alicyclic amines) is 1. The number of carbonyl (C=O) groups is 1. The lowest BCUT2D eigenvalue weighted by Gasteiger charge is -2.49. The zero-order valence-electron chi connectivity index (χ0n) is 13.5. The van der Waals surface area contributed by atoms with E-state index < -0.39 is 23.1 Å². The van der Waals surface area contributed by atoms with E-state index in [0.717, 1.165) is 6.07 Å². The Labute approximate surface area is 145 Å². The second kappa shape index (κ2) is 6.26. The first-order valence-corrected chi connectivity index (χ1v) is 8.39. The molecule has 2 N–H and O–H groups in total. The normalized spacial score (nSPS) is 29.7. The highest BCUT2D eigenvalue weighted by molar-refractivity contribution is 6.30. The molecule has 5 nitrogen and oxygen atoms in total. The summed E-state index contributed by atoms with van der Waals surface area (Å²) in [5.74, 6) is -0.861. The highest BCUT2D eigenvalue weighted by Crippen LogP contribution is 2.39. The molecular formula is C17H21ClFNO4. The molecule has 2 aliphatic rings. The third-order valence-electron chi connectivity index (χ3n) is 5.07. The number of benzene rings is 1. The summed E-state index contributed by atoms with van der Waals surface area (Å²) in [6.45, 7) is 2.60. The van der Waals surface area contributed by atoms with Gasteiger partial charge in [0.1, 0.15) is 11.9 Å². The predicted molar refractivity (Wildman–Crippen MR) is 86.5 cm³/mol. The molecule has 0 saturated carbocycles. The maximum atomic E-state index is 13.5. The minimum Gasteiger partial charge on any atom is -0.388 e. The van der Waals surface area contributed by atoms with Crippen LogP contribution in [0.5, 0.6) is 0 Å². The van der Waals surface area contributed by atoms with Gasteiger partial charge in [-0.05, 0) is 38.0 Å². The molecule has 1 spiro atoms. The Morgan fingerprint density at radius 2 is 2.08 bits per heavy atom. The van der Waals surface area contributed by atoms with Gasteiger partial charge in [-0.2, -0.15) is 0 Å². The Bertz CT molecular complexity index is 643. The third-order valence-corrected chi connectivity index (χ3v) is 5.38. The first-order chi connectivity index (χ1) is 11.2. The van der Waals surface area contributed by atoms with E-state index >= 15 is 0 Å². The van der Waals surface area contributed by atoms with Crippen LogP contribution in [0.2, 0.25) is 5.02 Å². The summed E-state index contributed by atoms with van der Waals surface area (Å²) in [5, 5.41) is 20.1. The molecule has 1 aromatic carbocycles. The molecule has 2 fully saturated rings. The first-order valence-electron chi connectivity index (χ1n) is 8.01. The fourth-order valence-electron chi connectivity index (χ4n) is 3.51. The van der Waals surface area contributed by atoms with Gasteiger partial charge in [0.25, 0.3) is 5.91 Å². The van der Waals surface area contributed by atoms with E-state index in [1.807, 2.05) is 0 Å². The van der Waals surface area contributed by atoms with Crippen molar-refractivity contribution in [3.63, 3.8) is 0 Å². The summed E-state index contributed by atoms with van der Waals surface area (Å²) in [6, 6.07) is 4.03. The molecule has 2 atom stereocenters. The van der Waals surface area contributed by atoms with Gasteiger partial charge in [0.2, 0.25) is 0 Å². The molecular weight excluding hydrogens is 337 g/mol. The van der Waals surface area contributed by atoms with Crippen molar-refractivity contribution in [2.24, 2.45) is 0 Å². The number of aliphatic hydroxyl groups is 2. The van der Waals surface area contributed by atoms with Crippen LogP contribution in [-0.2, 0) is 4.74 Å². The zero-order valence-corrected chi connectivity index (χ0v) is 14.2. The van der Waals surface area contributed by atoms with E-state index in [4.69, 9.17) is 16.3 Å². The minimum atomic E-state index is -1.19. The average Bonchev–Trinajstić information content (AvgIpc) is 2.54. The lowest BCUT2D eigenvalue weighted by atomic mass is 9.76. The van der Waals surface area contributed by atoms with Crippen LogP contribution in [-0.4, -0.2) is 58.0 Å². The molecule has 0 bridgehead atoms. The highest BCUT2D eigenvalue weighted by atomic mass is 35.5. The first kappa shape index (κ1) is 17.6. The molecule has 1 aromatic rings. The summed E-state index contributed by atoms with van der Waals surface area (Å²) in [6.07, 6.45) is 0.563. The molecule has 0 radical (unpaired) electrons. The van der Waals surface area contributed by atoms with Crippen molar-refractivity contribution in [2.75, 3.05) is 19.7 Å². The summed E-state index contributed by atoms with van der Waals surface area (Å²) in [5.41, 5.74) is -1.45. The number of carbonyl (C=O) groups excluding carboxylic acids is 1. The van der Waals surface area contributed by atoms with Crippen molar-refractivity contribution < 1.29 is 24.1 Å². The van der Waals surface area contributed by atoms with Crippen LogP contribution >= 0.6 is 11.6 Å². The summed E-state index contributed by atoms with van der Waals surface area (Å²) in [7, 11) is 0. The van der Waals surface area contributed by atoms with Crippen LogP contribution in [0.3, 0.4) is 0 Å². The largest absolute Gasteiger partial charge is 0.388 e. The third kappa shape index (κ3) is 3.28. The van der Waals surface area contributed by atoms with Crippen LogP contribution in [0.25, 0.3) is 0 Å². The van der Waals surface area contributed by atoms with Gasteiger partial charge in [0, 0.05) is 25.1 Å². The number of piperidine rings is 1. The molecule has 0 aromatic heterocycles. The summed E-state index contributed by atoms with van der Waals surface area (Å²) >= 11 is 5.65. The number of nitrogens with zero attached hydrogens (tertiary/aromatic N) is 1. The lowest BCUT2D eigenvalue weighted by molar-refractivity contribution is -0.221. The number of hydrogen-bond donors (Lipinski definition) is 2. The number of hydrogen-bond acceptors (Lipinski definition) is 4. The van der Waals surface area contributed by atoms with Crippen LogP contribution in [0.1, 0.15) is 36.5 Å². The van der Waals surface area contributed by atoms with Crippen molar-refractivity contribution in [1.82, 2.24) is 4.90 Å². The van der Waals surface area contributed by atoms with E-state index in [1.165, 1.54) is 12.1 Å². The van der Waals surface area contributed by atoms with Crippen LogP contribution < -0.4 is 0 Å². The number of rotatable bonds is 1. The van der Waals surface area contributed by atoms with Gasteiger partial charge in [0.15, 0.2) is 0 Å². The van der Waals surface area contributed by atoms with E-state index in [9.17, 15) is 19.4 Å². The summed E-state index contributed by atoms with van der Waals surface area (Å²) < 4.78 is 19.3. The number of amides is 1. The van der Waals surface area contributed by atoms with Gasteiger partial charge in [-0.3, -0.25) is 4.79 Å². The van der Waals surface area contributed by atoms with Crippen molar-refractivity contribution in [2.45, 2.75) is 43.5 Å². The van der Waals surface area contributed by atoms with Gasteiger partial charge in [-0.25, -0.2) is 4.39 Å². The minimum absolute atomic E-state index is 0.0134. The van der Waals surface area contributed by atoms with Crippen LogP contribution in [0.15, 0.2) is 18.2 Å². The maximum Gasteiger partial charge on any atom is 0.253 e. The summed E-state index contributed by atoms with van der Waals surface area (Å²) in [4.78, 5) is 14.1. The molecule has 132 valence electrons.